The number of piperidine rings is 1. The van der Waals surface area contributed by atoms with Crippen LogP contribution in [0.3, 0.4) is 0 Å². The second-order valence-electron chi connectivity index (χ2n) is 5.01. The van der Waals surface area contributed by atoms with E-state index in [0.29, 0.717) is 5.92 Å². The number of nitrogens with one attached hydrogen (secondary N) is 1. The van der Waals surface area contributed by atoms with Gasteiger partial charge in [-0.15, -0.1) is 0 Å². The first kappa shape index (κ1) is 11.5. The van der Waals surface area contributed by atoms with Gasteiger partial charge in [-0.2, -0.15) is 16.7 Å². The van der Waals surface area contributed by atoms with Crippen molar-refractivity contribution in [3.63, 3.8) is 0 Å². The van der Waals surface area contributed by atoms with Gasteiger partial charge in [0.2, 0.25) is 5.89 Å². The summed E-state index contributed by atoms with van der Waals surface area (Å²) in [6.07, 6.45) is 4.56. The smallest absolute Gasteiger partial charge is 0.229 e. The Morgan fingerprint density at radius 2 is 2.18 bits per heavy atom. The highest BCUT2D eigenvalue weighted by Crippen LogP contribution is 2.27. The van der Waals surface area contributed by atoms with E-state index in [2.05, 4.69) is 15.5 Å². The molecule has 5 heteroatoms. The van der Waals surface area contributed by atoms with Crippen LogP contribution < -0.4 is 5.32 Å². The minimum Gasteiger partial charge on any atom is -0.339 e. The lowest BCUT2D eigenvalue weighted by Crippen LogP contribution is -2.26. The molecule has 4 nitrogen and oxygen atoms in total. The van der Waals surface area contributed by atoms with Gasteiger partial charge in [-0.1, -0.05) is 5.16 Å². The van der Waals surface area contributed by atoms with E-state index in [1.165, 1.54) is 17.9 Å². The van der Waals surface area contributed by atoms with E-state index in [1.807, 2.05) is 11.8 Å². The molecule has 3 heterocycles. The standard InChI is InChI=1S/C12H19N3OS/c1-4-13-5-2-10(1)12-14-11(15-16-12)7-9-3-6-17-8-9/h9-10,13H,1-8H2. The van der Waals surface area contributed by atoms with Gasteiger partial charge in [0, 0.05) is 12.3 Å². The summed E-state index contributed by atoms with van der Waals surface area (Å²) < 4.78 is 5.42. The maximum absolute atomic E-state index is 5.42. The highest BCUT2D eigenvalue weighted by molar-refractivity contribution is 7.99. The molecule has 3 rings (SSSR count). The summed E-state index contributed by atoms with van der Waals surface area (Å²) in [7, 11) is 0. The van der Waals surface area contributed by atoms with Gasteiger partial charge in [0.15, 0.2) is 5.82 Å². The van der Waals surface area contributed by atoms with E-state index >= 15 is 0 Å². The maximum Gasteiger partial charge on any atom is 0.229 e. The quantitative estimate of drug-likeness (QED) is 0.890. The maximum atomic E-state index is 5.42. The van der Waals surface area contributed by atoms with Gasteiger partial charge in [0.1, 0.15) is 0 Å². The van der Waals surface area contributed by atoms with E-state index in [1.54, 1.807) is 0 Å². The van der Waals surface area contributed by atoms with Crippen molar-refractivity contribution in [3.05, 3.63) is 11.7 Å². The number of thioether (sulfide) groups is 1. The Hall–Kier alpha value is -0.550. The number of hydrogen-bond acceptors (Lipinski definition) is 5. The Balaban J connectivity index is 1.60. The molecule has 1 aromatic heterocycles. The van der Waals surface area contributed by atoms with Crippen LogP contribution in [0.4, 0.5) is 0 Å². The van der Waals surface area contributed by atoms with Crippen LogP contribution in [-0.4, -0.2) is 34.7 Å². The summed E-state index contributed by atoms with van der Waals surface area (Å²) in [4.78, 5) is 4.58. The van der Waals surface area contributed by atoms with Crippen LogP contribution in [0.5, 0.6) is 0 Å². The van der Waals surface area contributed by atoms with Crippen LogP contribution in [0.2, 0.25) is 0 Å². The zero-order chi connectivity index (χ0) is 11.5. The molecule has 0 radical (unpaired) electrons. The fourth-order valence-electron chi connectivity index (χ4n) is 2.59. The monoisotopic (exact) mass is 253 g/mol. The zero-order valence-electron chi connectivity index (χ0n) is 10.0. The molecule has 0 bridgehead atoms. The number of aromatic nitrogens is 2. The van der Waals surface area contributed by atoms with Gasteiger partial charge < -0.3 is 9.84 Å². The van der Waals surface area contributed by atoms with Crippen molar-refractivity contribution in [1.29, 1.82) is 0 Å². The molecule has 2 aliphatic heterocycles. The Labute approximate surface area is 106 Å². The van der Waals surface area contributed by atoms with E-state index in [4.69, 9.17) is 4.52 Å². The van der Waals surface area contributed by atoms with Crippen LogP contribution in [0.15, 0.2) is 4.52 Å². The Morgan fingerprint density at radius 3 is 2.94 bits per heavy atom. The summed E-state index contributed by atoms with van der Waals surface area (Å²) in [6, 6.07) is 0. The van der Waals surface area contributed by atoms with Crippen molar-refractivity contribution in [2.75, 3.05) is 24.6 Å². The molecule has 0 aromatic carbocycles. The Bertz CT molecular complexity index is 356. The summed E-state index contributed by atoms with van der Waals surface area (Å²) in [5.41, 5.74) is 0. The van der Waals surface area contributed by atoms with Gasteiger partial charge in [0.25, 0.3) is 0 Å². The van der Waals surface area contributed by atoms with E-state index < -0.39 is 0 Å². The lowest BCUT2D eigenvalue weighted by molar-refractivity contribution is 0.317. The molecule has 1 atom stereocenters. The third-order valence-corrected chi connectivity index (χ3v) is 4.90. The van der Waals surface area contributed by atoms with Gasteiger partial charge in [-0.05, 0) is 49.8 Å². The second kappa shape index (κ2) is 5.40. The topological polar surface area (TPSA) is 51.0 Å². The average Bonchev–Trinajstić information content (AvgIpc) is 3.02. The third kappa shape index (κ3) is 2.83. The largest absolute Gasteiger partial charge is 0.339 e. The van der Waals surface area contributed by atoms with Gasteiger partial charge in [-0.3, -0.25) is 0 Å². The molecule has 1 aromatic rings. The second-order valence-corrected chi connectivity index (χ2v) is 6.16. The number of rotatable bonds is 3. The average molecular weight is 253 g/mol. The molecule has 0 amide bonds. The molecule has 0 aliphatic carbocycles. The molecule has 1 unspecified atom stereocenters. The molecule has 0 saturated carbocycles. The van der Waals surface area contributed by atoms with Crippen LogP contribution in [0.1, 0.15) is 36.9 Å². The molecule has 94 valence electrons. The molecule has 2 aliphatic rings. The van der Waals surface area contributed by atoms with E-state index in [9.17, 15) is 0 Å². The molecule has 0 spiro atoms. The molecular formula is C12H19N3OS. The van der Waals surface area contributed by atoms with Crippen molar-refractivity contribution in [2.45, 2.75) is 31.6 Å². The van der Waals surface area contributed by atoms with E-state index in [0.717, 1.165) is 50.0 Å². The van der Waals surface area contributed by atoms with Crippen molar-refractivity contribution < 1.29 is 4.52 Å². The van der Waals surface area contributed by atoms with Crippen LogP contribution in [0, 0.1) is 5.92 Å². The minimum absolute atomic E-state index is 0.482. The summed E-state index contributed by atoms with van der Waals surface area (Å²) >= 11 is 2.04. The lowest BCUT2D eigenvalue weighted by atomic mass is 9.98. The molecular weight excluding hydrogens is 234 g/mol. The highest BCUT2D eigenvalue weighted by atomic mass is 32.2. The number of nitrogens with zero attached hydrogens (tertiary/aromatic N) is 2. The lowest BCUT2D eigenvalue weighted by Gasteiger charge is -2.18. The first-order chi connectivity index (χ1) is 8.42. The SMILES string of the molecule is C1CC(c2nc(CC3CCSC3)no2)CCN1. The summed E-state index contributed by atoms with van der Waals surface area (Å²) in [5.74, 6) is 5.59. The molecule has 17 heavy (non-hydrogen) atoms. The van der Waals surface area contributed by atoms with Crippen molar-refractivity contribution in [2.24, 2.45) is 5.92 Å². The molecule has 1 N–H and O–H groups in total. The van der Waals surface area contributed by atoms with E-state index in [-0.39, 0.29) is 0 Å². The predicted octanol–water partition coefficient (Wildman–Crippen LogP) is 1.83. The first-order valence-electron chi connectivity index (χ1n) is 6.53. The summed E-state index contributed by atoms with van der Waals surface area (Å²) in [6.45, 7) is 2.14. The fourth-order valence-corrected chi connectivity index (χ4v) is 3.87. The number of hydrogen-bond donors (Lipinski definition) is 1. The van der Waals surface area contributed by atoms with Crippen molar-refractivity contribution in [1.82, 2.24) is 15.5 Å². The van der Waals surface area contributed by atoms with Crippen LogP contribution in [0.25, 0.3) is 0 Å². The van der Waals surface area contributed by atoms with Gasteiger partial charge in [0.05, 0.1) is 0 Å². The Kier molecular flexibility index (Phi) is 3.66. The zero-order valence-corrected chi connectivity index (χ0v) is 10.8. The van der Waals surface area contributed by atoms with Crippen molar-refractivity contribution >= 4 is 11.8 Å². The normalized spacial score (nSPS) is 26.5. The highest BCUT2D eigenvalue weighted by Gasteiger charge is 2.23. The third-order valence-electron chi connectivity index (χ3n) is 3.67. The first-order valence-corrected chi connectivity index (χ1v) is 7.68. The van der Waals surface area contributed by atoms with Crippen LogP contribution >= 0.6 is 11.8 Å². The molecule has 2 fully saturated rings. The minimum atomic E-state index is 0.482. The molecule has 2 saturated heterocycles. The van der Waals surface area contributed by atoms with Crippen LogP contribution in [-0.2, 0) is 6.42 Å². The Morgan fingerprint density at radius 1 is 1.29 bits per heavy atom. The van der Waals surface area contributed by atoms with Crippen molar-refractivity contribution in [3.8, 4) is 0 Å². The summed E-state index contributed by atoms with van der Waals surface area (Å²) in [5, 5.41) is 7.50. The predicted molar refractivity (Wildman–Crippen MR) is 68.3 cm³/mol. The van der Waals surface area contributed by atoms with Gasteiger partial charge >= 0.3 is 0 Å². The van der Waals surface area contributed by atoms with Gasteiger partial charge in [-0.25, -0.2) is 0 Å². The fraction of sp³-hybridized carbons (Fsp3) is 0.833.